The van der Waals surface area contributed by atoms with E-state index in [2.05, 4.69) is 0 Å². The van der Waals surface area contributed by atoms with Gasteiger partial charge in [-0.25, -0.2) is 13.2 Å². The maximum atomic E-state index is 11.4. The van der Waals surface area contributed by atoms with Crippen LogP contribution >= 0.6 is 0 Å². The lowest BCUT2D eigenvalue weighted by Gasteiger charge is -2.06. The summed E-state index contributed by atoms with van der Waals surface area (Å²) >= 11 is 0. The molecule has 1 aromatic heterocycles. The third-order valence-electron chi connectivity index (χ3n) is 2.58. The second-order valence-electron chi connectivity index (χ2n) is 4.10. The molecule has 106 valence electrons. The number of aromatic carboxylic acids is 1. The average Bonchev–Trinajstić information content (AvgIpc) is 2.84. The molecule has 7 heteroatoms. The van der Waals surface area contributed by atoms with Crippen molar-refractivity contribution in [2.75, 3.05) is 6.26 Å². The van der Waals surface area contributed by atoms with E-state index < -0.39 is 15.8 Å². The maximum absolute atomic E-state index is 11.4. The van der Waals surface area contributed by atoms with E-state index >= 15 is 0 Å². The highest BCUT2D eigenvalue weighted by molar-refractivity contribution is 7.90. The number of carboxylic acid groups (broad SMARTS) is 1. The molecule has 1 aromatic carbocycles. The van der Waals surface area contributed by atoms with E-state index in [1.807, 2.05) is 0 Å². The second kappa shape index (κ2) is 5.38. The Morgan fingerprint density at radius 3 is 2.75 bits per heavy atom. The largest absolute Gasteiger partial charge is 0.486 e. The van der Waals surface area contributed by atoms with Crippen molar-refractivity contribution in [1.29, 1.82) is 0 Å². The molecule has 1 N–H and O–H groups in total. The van der Waals surface area contributed by atoms with E-state index in [9.17, 15) is 13.2 Å². The molecule has 0 spiro atoms. The van der Waals surface area contributed by atoms with Crippen LogP contribution in [0.3, 0.4) is 0 Å². The molecule has 2 rings (SSSR count). The first-order valence-electron chi connectivity index (χ1n) is 5.60. The lowest BCUT2D eigenvalue weighted by Crippen LogP contribution is -2.03. The van der Waals surface area contributed by atoms with Crippen LogP contribution in [0.25, 0.3) is 0 Å². The summed E-state index contributed by atoms with van der Waals surface area (Å²) in [6.45, 7) is -0.0954. The van der Waals surface area contributed by atoms with Crippen molar-refractivity contribution in [3.63, 3.8) is 0 Å². The van der Waals surface area contributed by atoms with Gasteiger partial charge >= 0.3 is 5.97 Å². The van der Waals surface area contributed by atoms with E-state index in [4.69, 9.17) is 14.3 Å². The first kappa shape index (κ1) is 14.1. The van der Waals surface area contributed by atoms with E-state index in [-0.39, 0.29) is 22.8 Å². The Balaban J connectivity index is 2.15. The molecule has 0 aliphatic carbocycles. The van der Waals surface area contributed by atoms with Gasteiger partial charge in [-0.05, 0) is 24.3 Å². The number of benzene rings is 1. The summed E-state index contributed by atoms with van der Waals surface area (Å²) < 4.78 is 33.2. The number of sulfone groups is 1. The molecular formula is C13H12O6S. The summed E-state index contributed by atoms with van der Waals surface area (Å²) in [6.07, 6.45) is 2.36. The molecular weight excluding hydrogens is 284 g/mol. The molecule has 0 unspecified atom stereocenters. The quantitative estimate of drug-likeness (QED) is 0.906. The van der Waals surface area contributed by atoms with E-state index in [1.165, 1.54) is 24.5 Å². The Labute approximate surface area is 115 Å². The number of ether oxygens (including phenoxy) is 1. The van der Waals surface area contributed by atoms with Crippen LogP contribution in [0.1, 0.15) is 16.1 Å². The molecule has 0 saturated heterocycles. The van der Waals surface area contributed by atoms with Crippen LogP contribution in [0, 0.1) is 0 Å². The molecule has 0 amide bonds. The van der Waals surface area contributed by atoms with Gasteiger partial charge in [0.1, 0.15) is 17.9 Å². The topological polar surface area (TPSA) is 93.8 Å². The summed E-state index contributed by atoms with van der Waals surface area (Å²) in [6, 6.07) is 7.29. The van der Waals surface area contributed by atoms with E-state index in [0.717, 1.165) is 6.26 Å². The third-order valence-corrected chi connectivity index (χ3v) is 3.69. The molecule has 0 aliphatic rings. The van der Waals surface area contributed by atoms with Crippen LogP contribution in [0.5, 0.6) is 5.75 Å². The van der Waals surface area contributed by atoms with Crippen LogP contribution < -0.4 is 4.74 Å². The van der Waals surface area contributed by atoms with Gasteiger partial charge in [-0.15, -0.1) is 0 Å². The number of hydrogen-bond donors (Lipinski definition) is 1. The monoisotopic (exact) mass is 296 g/mol. The molecule has 0 saturated carbocycles. The van der Waals surface area contributed by atoms with Crippen LogP contribution in [-0.4, -0.2) is 25.7 Å². The fourth-order valence-electron chi connectivity index (χ4n) is 1.59. The van der Waals surface area contributed by atoms with Crippen molar-refractivity contribution in [1.82, 2.24) is 0 Å². The van der Waals surface area contributed by atoms with Gasteiger partial charge in [-0.2, -0.15) is 0 Å². The number of hydrogen-bond acceptors (Lipinski definition) is 5. The maximum Gasteiger partial charge on any atom is 0.339 e. The van der Waals surface area contributed by atoms with E-state index in [1.54, 1.807) is 12.1 Å². The van der Waals surface area contributed by atoms with Crippen LogP contribution in [-0.2, 0) is 16.4 Å². The van der Waals surface area contributed by atoms with Gasteiger partial charge in [0, 0.05) is 6.26 Å². The fourth-order valence-corrected chi connectivity index (χ4v) is 2.24. The van der Waals surface area contributed by atoms with Crippen molar-refractivity contribution >= 4 is 15.8 Å². The van der Waals surface area contributed by atoms with Crippen LogP contribution in [0.4, 0.5) is 0 Å². The van der Waals surface area contributed by atoms with Crippen molar-refractivity contribution in [3.8, 4) is 5.75 Å². The Morgan fingerprint density at radius 1 is 1.35 bits per heavy atom. The van der Waals surface area contributed by atoms with Crippen molar-refractivity contribution in [2.24, 2.45) is 0 Å². The highest BCUT2D eigenvalue weighted by Gasteiger charge is 2.14. The SMILES string of the molecule is CS(=O)(=O)c1cccc(OCc2occc2C(=O)O)c1. The Kier molecular flexibility index (Phi) is 3.80. The van der Waals surface area contributed by atoms with Crippen molar-refractivity contribution in [2.45, 2.75) is 11.5 Å². The Morgan fingerprint density at radius 2 is 2.10 bits per heavy atom. The van der Waals surface area contributed by atoms with Gasteiger partial charge in [0.05, 0.1) is 11.2 Å². The van der Waals surface area contributed by atoms with Crippen molar-refractivity contribution in [3.05, 3.63) is 47.9 Å². The summed E-state index contributed by atoms with van der Waals surface area (Å²) in [7, 11) is -3.32. The third kappa shape index (κ3) is 3.18. The zero-order chi connectivity index (χ0) is 14.8. The predicted molar refractivity (Wildman–Crippen MR) is 69.6 cm³/mol. The lowest BCUT2D eigenvalue weighted by molar-refractivity contribution is 0.0692. The summed E-state index contributed by atoms with van der Waals surface area (Å²) in [5.41, 5.74) is 0.0178. The lowest BCUT2D eigenvalue weighted by atomic mass is 10.2. The molecule has 0 atom stereocenters. The molecule has 0 bridgehead atoms. The normalized spacial score (nSPS) is 11.2. The zero-order valence-electron chi connectivity index (χ0n) is 10.6. The molecule has 0 radical (unpaired) electrons. The Bertz CT molecular complexity index is 729. The molecule has 2 aromatic rings. The number of carbonyl (C=O) groups is 1. The Hall–Kier alpha value is -2.28. The highest BCUT2D eigenvalue weighted by Crippen LogP contribution is 2.20. The molecule has 1 heterocycles. The van der Waals surface area contributed by atoms with Gasteiger partial charge in [-0.1, -0.05) is 6.07 Å². The first-order chi connectivity index (χ1) is 9.38. The van der Waals surface area contributed by atoms with Gasteiger partial charge < -0.3 is 14.3 Å². The van der Waals surface area contributed by atoms with Crippen LogP contribution in [0.15, 0.2) is 45.9 Å². The first-order valence-corrected chi connectivity index (χ1v) is 7.49. The summed E-state index contributed by atoms with van der Waals surface area (Å²) in [4.78, 5) is 11.0. The molecule has 0 fully saturated rings. The van der Waals surface area contributed by atoms with Crippen LogP contribution in [0.2, 0.25) is 0 Å². The highest BCUT2D eigenvalue weighted by atomic mass is 32.2. The van der Waals surface area contributed by atoms with Crippen molar-refractivity contribution < 1.29 is 27.5 Å². The minimum absolute atomic E-state index is 0.0178. The molecule has 0 aliphatic heterocycles. The summed E-state index contributed by atoms with van der Waals surface area (Å²) in [5.74, 6) is -0.620. The standard InChI is InChI=1S/C13H12O6S/c1-20(16,17)10-4-2-3-9(7-10)19-8-12-11(13(14)15)5-6-18-12/h2-7H,8H2,1H3,(H,14,15). The minimum atomic E-state index is -3.32. The number of furan rings is 1. The molecule has 6 nitrogen and oxygen atoms in total. The van der Waals surface area contributed by atoms with Gasteiger partial charge in [0.25, 0.3) is 0 Å². The smallest absolute Gasteiger partial charge is 0.339 e. The summed E-state index contributed by atoms with van der Waals surface area (Å²) in [5, 5.41) is 8.91. The van der Waals surface area contributed by atoms with Gasteiger partial charge in [-0.3, -0.25) is 0 Å². The molecule has 20 heavy (non-hydrogen) atoms. The predicted octanol–water partition coefficient (Wildman–Crippen LogP) is 1.96. The van der Waals surface area contributed by atoms with E-state index in [0.29, 0.717) is 5.75 Å². The van der Waals surface area contributed by atoms with Gasteiger partial charge in [0.15, 0.2) is 15.6 Å². The second-order valence-corrected chi connectivity index (χ2v) is 6.11. The number of rotatable bonds is 5. The minimum Gasteiger partial charge on any atom is -0.486 e. The zero-order valence-corrected chi connectivity index (χ0v) is 11.4. The van der Waals surface area contributed by atoms with Gasteiger partial charge in [0.2, 0.25) is 0 Å². The fraction of sp³-hybridized carbons (Fsp3) is 0.154. The number of carboxylic acids is 1. The average molecular weight is 296 g/mol.